The van der Waals surface area contributed by atoms with Crippen LogP contribution in [0.15, 0.2) is 6.20 Å². The van der Waals surface area contributed by atoms with Gasteiger partial charge in [-0.2, -0.15) is 0 Å². The molecule has 0 aliphatic heterocycles. The Bertz CT molecular complexity index is 481. The number of aromatic nitrogens is 2. The molecule has 0 bridgehead atoms. The molecule has 0 radical (unpaired) electrons. The predicted molar refractivity (Wildman–Crippen MR) is 85.4 cm³/mol. The second-order valence-corrected chi connectivity index (χ2v) is 7.21. The van der Waals surface area contributed by atoms with Crippen LogP contribution in [-0.2, 0) is 17.7 Å². The summed E-state index contributed by atoms with van der Waals surface area (Å²) < 4.78 is 8.38. The number of primary amides is 1. The number of imidazole rings is 1. The first kappa shape index (κ1) is 15.6. The average Bonchev–Trinajstić information content (AvgIpc) is 3.02. The number of halogens is 1. The summed E-state index contributed by atoms with van der Waals surface area (Å²) in [5.41, 5.74) is 4.57. The van der Waals surface area contributed by atoms with Crippen LogP contribution in [0.1, 0.15) is 45.4 Å². The third kappa shape index (κ3) is 4.96. The van der Waals surface area contributed by atoms with Gasteiger partial charge in [-0.1, -0.05) is 0 Å². The second kappa shape index (κ2) is 6.32. The molecule has 1 aliphatic carbocycles. The number of aryl methyl sites for hydroxylation is 1. The van der Waals surface area contributed by atoms with Gasteiger partial charge in [0.25, 0.3) is 0 Å². The summed E-state index contributed by atoms with van der Waals surface area (Å²) in [5.74, 6) is 2.02. The summed E-state index contributed by atoms with van der Waals surface area (Å²) in [4.78, 5) is 15.4. The summed E-state index contributed by atoms with van der Waals surface area (Å²) in [6, 6.07) is 0. The molecule has 1 aromatic heterocycles. The molecule has 0 aromatic carbocycles. The Morgan fingerprint density at radius 3 is 2.90 bits per heavy atom. The molecule has 112 valence electrons. The van der Waals surface area contributed by atoms with Gasteiger partial charge in [0.1, 0.15) is 15.1 Å². The van der Waals surface area contributed by atoms with Crippen LogP contribution in [0.4, 0.5) is 4.79 Å². The molecular weight excluding hydrogens is 369 g/mol. The first-order valence-corrected chi connectivity index (χ1v) is 8.13. The maximum atomic E-state index is 10.8. The number of carbonyl (C=O) groups is 1. The largest absolute Gasteiger partial charge is 0.444 e. The van der Waals surface area contributed by atoms with Crippen molar-refractivity contribution in [3.63, 3.8) is 0 Å². The first-order valence-electron chi connectivity index (χ1n) is 7.06. The van der Waals surface area contributed by atoms with E-state index in [2.05, 4.69) is 38.3 Å². The molecule has 2 N–H and O–H groups in total. The van der Waals surface area contributed by atoms with E-state index in [-0.39, 0.29) is 0 Å². The van der Waals surface area contributed by atoms with Crippen molar-refractivity contribution in [3.8, 4) is 0 Å². The smallest absolute Gasteiger partial charge is 0.405 e. The highest BCUT2D eigenvalue weighted by molar-refractivity contribution is 14.1. The van der Waals surface area contributed by atoms with E-state index in [1.54, 1.807) is 0 Å². The van der Waals surface area contributed by atoms with Crippen molar-refractivity contribution in [3.05, 3.63) is 15.7 Å². The molecule has 0 saturated heterocycles. The molecule has 20 heavy (non-hydrogen) atoms. The minimum atomic E-state index is -0.707. The van der Waals surface area contributed by atoms with E-state index in [1.807, 2.05) is 13.8 Å². The lowest BCUT2D eigenvalue weighted by Crippen LogP contribution is -2.31. The molecule has 0 spiro atoms. The predicted octanol–water partition coefficient (Wildman–Crippen LogP) is 3.09. The monoisotopic (exact) mass is 391 g/mol. The van der Waals surface area contributed by atoms with Gasteiger partial charge < -0.3 is 15.0 Å². The Kier molecular flexibility index (Phi) is 4.93. The number of nitrogens with zero attached hydrogens (tertiary/aromatic N) is 2. The fraction of sp³-hybridized carbons (Fsp3) is 0.714. The van der Waals surface area contributed by atoms with Gasteiger partial charge >= 0.3 is 6.09 Å². The Labute approximate surface area is 133 Å². The van der Waals surface area contributed by atoms with Crippen molar-refractivity contribution in [2.75, 3.05) is 0 Å². The average molecular weight is 391 g/mol. The molecule has 1 fully saturated rings. The zero-order chi connectivity index (χ0) is 14.8. The topological polar surface area (TPSA) is 70.1 Å². The maximum absolute atomic E-state index is 10.8. The van der Waals surface area contributed by atoms with Crippen molar-refractivity contribution in [1.29, 1.82) is 0 Å². The number of amides is 1. The van der Waals surface area contributed by atoms with Crippen LogP contribution >= 0.6 is 22.6 Å². The molecule has 2 rings (SSSR count). The first-order chi connectivity index (χ1) is 9.35. The summed E-state index contributed by atoms with van der Waals surface area (Å²) in [6.07, 6.45) is 6.87. The lowest BCUT2D eigenvalue weighted by atomic mass is 10.0. The van der Waals surface area contributed by atoms with Crippen molar-refractivity contribution in [2.24, 2.45) is 11.7 Å². The SMILES string of the molecule is CC(C)(CCCn1cc(I)nc1CC1CC1)OC(N)=O. The van der Waals surface area contributed by atoms with E-state index in [0.29, 0.717) is 0 Å². The van der Waals surface area contributed by atoms with Gasteiger partial charge in [-0.25, -0.2) is 9.78 Å². The van der Waals surface area contributed by atoms with Crippen LogP contribution in [0, 0.1) is 9.62 Å². The third-order valence-corrected chi connectivity index (χ3v) is 4.07. The third-order valence-electron chi connectivity index (χ3n) is 3.55. The van der Waals surface area contributed by atoms with Crippen LogP contribution in [0.5, 0.6) is 0 Å². The van der Waals surface area contributed by atoms with Gasteiger partial charge in [-0.15, -0.1) is 0 Å². The number of ether oxygens (including phenoxy) is 1. The van der Waals surface area contributed by atoms with E-state index >= 15 is 0 Å². The minimum Gasteiger partial charge on any atom is -0.444 e. The molecule has 0 atom stereocenters. The van der Waals surface area contributed by atoms with Gasteiger partial charge in [0.05, 0.1) is 0 Å². The Hall–Kier alpha value is -0.790. The number of hydrogen-bond acceptors (Lipinski definition) is 3. The van der Waals surface area contributed by atoms with Crippen molar-refractivity contribution < 1.29 is 9.53 Å². The normalized spacial score (nSPS) is 15.3. The van der Waals surface area contributed by atoms with Gasteiger partial charge in [-0.05, 0) is 68.0 Å². The lowest BCUT2D eigenvalue weighted by Gasteiger charge is -2.24. The van der Waals surface area contributed by atoms with Crippen LogP contribution in [0.3, 0.4) is 0 Å². The zero-order valence-corrected chi connectivity index (χ0v) is 14.2. The molecule has 1 amide bonds. The number of hydrogen-bond donors (Lipinski definition) is 1. The summed E-state index contributed by atoms with van der Waals surface area (Å²) in [5, 5.41) is 0. The van der Waals surface area contributed by atoms with Gasteiger partial charge in [0.15, 0.2) is 0 Å². The quantitative estimate of drug-likeness (QED) is 0.727. The molecule has 1 saturated carbocycles. The summed E-state index contributed by atoms with van der Waals surface area (Å²) in [7, 11) is 0. The summed E-state index contributed by atoms with van der Waals surface area (Å²) >= 11 is 2.26. The van der Waals surface area contributed by atoms with Crippen LogP contribution < -0.4 is 5.73 Å². The van der Waals surface area contributed by atoms with Crippen LogP contribution in [0.2, 0.25) is 0 Å². The van der Waals surface area contributed by atoms with Crippen molar-refractivity contribution in [2.45, 2.75) is 58.1 Å². The van der Waals surface area contributed by atoms with Crippen molar-refractivity contribution >= 4 is 28.7 Å². The van der Waals surface area contributed by atoms with E-state index in [1.165, 1.54) is 18.7 Å². The fourth-order valence-corrected chi connectivity index (χ4v) is 2.97. The molecule has 1 aliphatic rings. The van der Waals surface area contributed by atoms with Gasteiger partial charge in [0, 0.05) is 19.2 Å². The molecule has 6 heteroatoms. The zero-order valence-electron chi connectivity index (χ0n) is 12.1. The highest BCUT2D eigenvalue weighted by Crippen LogP contribution is 2.32. The number of rotatable bonds is 7. The molecule has 5 nitrogen and oxygen atoms in total. The van der Waals surface area contributed by atoms with E-state index in [0.717, 1.165) is 35.4 Å². The second-order valence-electron chi connectivity index (χ2n) is 6.11. The lowest BCUT2D eigenvalue weighted by molar-refractivity contribution is 0.0368. The highest BCUT2D eigenvalue weighted by Gasteiger charge is 2.25. The van der Waals surface area contributed by atoms with E-state index in [9.17, 15) is 4.79 Å². The fourth-order valence-electron chi connectivity index (χ4n) is 2.35. The van der Waals surface area contributed by atoms with Crippen LogP contribution in [0.25, 0.3) is 0 Å². The standard InChI is InChI=1S/C14H22IN3O2/c1-14(2,20-13(16)19)6-3-7-18-9-11(15)17-12(18)8-10-4-5-10/h9-10H,3-8H2,1-2H3,(H2,16,19). The van der Waals surface area contributed by atoms with Crippen molar-refractivity contribution in [1.82, 2.24) is 9.55 Å². The highest BCUT2D eigenvalue weighted by atomic mass is 127. The Balaban J connectivity index is 1.85. The van der Waals surface area contributed by atoms with Gasteiger partial charge in [0.2, 0.25) is 0 Å². The van der Waals surface area contributed by atoms with Gasteiger partial charge in [-0.3, -0.25) is 0 Å². The molecule has 0 unspecified atom stereocenters. The number of carbonyl (C=O) groups excluding carboxylic acids is 1. The van der Waals surface area contributed by atoms with Crippen LogP contribution in [-0.4, -0.2) is 21.2 Å². The molecular formula is C14H22IN3O2. The molecule has 1 heterocycles. The Morgan fingerprint density at radius 2 is 2.30 bits per heavy atom. The van der Waals surface area contributed by atoms with E-state index < -0.39 is 11.7 Å². The Morgan fingerprint density at radius 1 is 1.60 bits per heavy atom. The maximum Gasteiger partial charge on any atom is 0.405 e. The van der Waals surface area contributed by atoms with E-state index in [4.69, 9.17) is 10.5 Å². The number of nitrogens with two attached hydrogens (primary N) is 1. The molecule has 1 aromatic rings. The minimum absolute atomic E-state index is 0.504. The summed E-state index contributed by atoms with van der Waals surface area (Å²) in [6.45, 7) is 4.69.